The molecule has 1 aliphatic carbocycles. The molecule has 146 valence electrons. The second kappa shape index (κ2) is 7.30. The van der Waals surface area contributed by atoms with Gasteiger partial charge < -0.3 is 5.73 Å². The molecule has 0 unspecified atom stereocenters. The lowest BCUT2D eigenvalue weighted by Crippen LogP contribution is -2.01. The highest BCUT2D eigenvalue weighted by Crippen LogP contribution is 2.42. The van der Waals surface area contributed by atoms with Gasteiger partial charge in [-0.1, -0.05) is 25.1 Å². The average molecular weight is 383 g/mol. The highest BCUT2D eigenvalue weighted by Gasteiger charge is 2.27. The van der Waals surface area contributed by atoms with Gasteiger partial charge in [-0.2, -0.15) is 13.9 Å². The van der Waals surface area contributed by atoms with Gasteiger partial charge in [0.2, 0.25) is 5.95 Å². The van der Waals surface area contributed by atoms with Crippen molar-refractivity contribution < 1.29 is 8.78 Å². The van der Waals surface area contributed by atoms with Crippen molar-refractivity contribution in [1.82, 2.24) is 19.7 Å². The molecule has 1 aliphatic rings. The summed E-state index contributed by atoms with van der Waals surface area (Å²) in [6.07, 6.45) is 5.25. The van der Waals surface area contributed by atoms with Gasteiger partial charge in [-0.05, 0) is 54.9 Å². The Morgan fingerprint density at radius 3 is 2.61 bits per heavy atom. The van der Waals surface area contributed by atoms with Crippen LogP contribution in [0.3, 0.4) is 0 Å². The van der Waals surface area contributed by atoms with Crippen LogP contribution in [0.25, 0.3) is 11.4 Å². The summed E-state index contributed by atoms with van der Waals surface area (Å²) < 4.78 is 27.4. The monoisotopic (exact) mass is 383 g/mol. The summed E-state index contributed by atoms with van der Waals surface area (Å²) in [5.74, 6) is 0.686. The third-order valence-corrected chi connectivity index (χ3v) is 5.14. The van der Waals surface area contributed by atoms with E-state index in [1.165, 1.54) is 35.7 Å². The highest BCUT2D eigenvalue weighted by molar-refractivity contribution is 5.61. The number of aromatic nitrogens is 4. The van der Waals surface area contributed by atoms with Crippen molar-refractivity contribution >= 4 is 5.95 Å². The van der Waals surface area contributed by atoms with Crippen LogP contribution in [0.5, 0.6) is 0 Å². The van der Waals surface area contributed by atoms with Crippen LogP contribution in [-0.4, -0.2) is 19.7 Å². The van der Waals surface area contributed by atoms with Gasteiger partial charge in [-0.3, -0.25) is 0 Å². The third-order valence-electron chi connectivity index (χ3n) is 5.14. The zero-order valence-corrected chi connectivity index (χ0v) is 16.0. The Morgan fingerprint density at radius 1 is 1.18 bits per heavy atom. The van der Waals surface area contributed by atoms with Crippen molar-refractivity contribution in [3.63, 3.8) is 0 Å². The standard InChI is InChI=1S/C21H23F2N5/c1-3-13-4-7-17(14-5-6-14)15(9-13)10-16-11-28(20(22)23)27-19(16)18-8-12(2)25-21(24)26-18/h4,7-9,11,14,20H,3,5-6,10H2,1-2H3,(H2,24,25,26). The molecule has 0 saturated heterocycles. The SMILES string of the molecule is CCc1ccc(C2CC2)c(Cc2cn(C(F)F)nc2-c2cc(C)nc(N)n2)c1. The van der Waals surface area contributed by atoms with E-state index in [1.54, 1.807) is 13.0 Å². The average Bonchev–Trinajstić information content (AvgIpc) is 3.40. The van der Waals surface area contributed by atoms with Crippen LogP contribution in [-0.2, 0) is 12.8 Å². The molecule has 4 rings (SSSR count). The number of nitrogen functional groups attached to an aromatic ring is 1. The molecule has 0 atom stereocenters. The van der Waals surface area contributed by atoms with Crippen molar-refractivity contribution in [3.8, 4) is 11.4 Å². The van der Waals surface area contributed by atoms with Gasteiger partial charge in [-0.25, -0.2) is 14.6 Å². The fourth-order valence-corrected chi connectivity index (χ4v) is 3.62. The number of hydrogen-bond acceptors (Lipinski definition) is 4. The van der Waals surface area contributed by atoms with E-state index in [4.69, 9.17) is 5.73 Å². The lowest BCUT2D eigenvalue weighted by molar-refractivity contribution is 0.0567. The number of hydrogen-bond donors (Lipinski definition) is 1. The molecule has 0 radical (unpaired) electrons. The Bertz CT molecular complexity index is 988. The Kier molecular flexibility index (Phi) is 4.83. The number of anilines is 1. The maximum Gasteiger partial charge on any atom is 0.333 e. The molecule has 1 saturated carbocycles. The van der Waals surface area contributed by atoms with Crippen molar-refractivity contribution in [2.75, 3.05) is 5.73 Å². The molecule has 0 spiro atoms. The summed E-state index contributed by atoms with van der Waals surface area (Å²) in [5.41, 5.74) is 11.8. The van der Waals surface area contributed by atoms with Gasteiger partial charge in [0.15, 0.2) is 0 Å². The molecule has 0 bridgehead atoms. The molecule has 7 heteroatoms. The summed E-state index contributed by atoms with van der Waals surface area (Å²) in [4.78, 5) is 8.30. The lowest BCUT2D eigenvalue weighted by atomic mass is 9.94. The molecule has 1 aromatic carbocycles. The van der Waals surface area contributed by atoms with E-state index < -0.39 is 6.55 Å². The number of nitrogens with zero attached hydrogens (tertiary/aromatic N) is 4. The number of benzene rings is 1. The van der Waals surface area contributed by atoms with Gasteiger partial charge >= 0.3 is 6.55 Å². The predicted octanol–water partition coefficient (Wildman–Crippen LogP) is 4.66. The predicted molar refractivity (Wildman–Crippen MR) is 104 cm³/mol. The number of halogens is 2. The van der Waals surface area contributed by atoms with E-state index in [0.29, 0.717) is 39.7 Å². The van der Waals surface area contributed by atoms with Crippen molar-refractivity contribution in [2.24, 2.45) is 0 Å². The second-order valence-corrected chi connectivity index (χ2v) is 7.35. The number of aryl methyl sites for hydroxylation is 2. The fourth-order valence-electron chi connectivity index (χ4n) is 3.62. The topological polar surface area (TPSA) is 69.6 Å². The molecule has 0 amide bonds. The van der Waals surface area contributed by atoms with E-state index in [-0.39, 0.29) is 5.95 Å². The molecule has 1 fully saturated rings. The van der Waals surface area contributed by atoms with E-state index in [9.17, 15) is 8.78 Å². The molecule has 2 aromatic heterocycles. The fraction of sp³-hybridized carbons (Fsp3) is 0.381. The van der Waals surface area contributed by atoms with E-state index >= 15 is 0 Å². The van der Waals surface area contributed by atoms with Crippen LogP contribution in [0.4, 0.5) is 14.7 Å². The second-order valence-electron chi connectivity index (χ2n) is 7.35. The van der Waals surface area contributed by atoms with Crippen LogP contribution in [0.2, 0.25) is 0 Å². The largest absolute Gasteiger partial charge is 0.368 e. The number of alkyl halides is 2. The maximum atomic E-state index is 13.4. The van der Waals surface area contributed by atoms with Gasteiger partial charge in [0.1, 0.15) is 5.69 Å². The summed E-state index contributed by atoms with van der Waals surface area (Å²) >= 11 is 0. The van der Waals surface area contributed by atoms with E-state index in [2.05, 4.69) is 40.2 Å². The normalized spacial score (nSPS) is 14.0. The quantitative estimate of drug-likeness (QED) is 0.672. The van der Waals surface area contributed by atoms with Gasteiger partial charge in [0, 0.05) is 23.9 Å². The van der Waals surface area contributed by atoms with Crippen molar-refractivity contribution in [2.45, 2.75) is 52.0 Å². The van der Waals surface area contributed by atoms with Gasteiger partial charge in [0.25, 0.3) is 0 Å². The van der Waals surface area contributed by atoms with Crippen LogP contribution in [0.1, 0.15) is 60.2 Å². The minimum atomic E-state index is -2.71. The first-order chi connectivity index (χ1) is 13.4. The molecular weight excluding hydrogens is 360 g/mol. The Balaban J connectivity index is 1.79. The Labute approximate surface area is 162 Å². The highest BCUT2D eigenvalue weighted by atomic mass is 19.3. The van der Waals surface area contributed by atoms with Crippen LogP contribution >= 0.6 is 0 Å². The zero-order chi connectivity index (χ0) is 19.8. The number of nitrogens with two attached hydrogens (primary N) is 1. The van der Waals surface area contributed by atoms with Gasteiger partial charge in [-0.15, -0.1) is 0 Å². The Hall–Kier alpha value is -2.83. The van der Waals surface area contributed by atoms with E-state index in [1.807, 2.05) is 0 Å². The minimum Gasteiger partial charge on any atom is -0.368 e. The first-order valence-electron chi connectivity index (χ1n) is 9.54. The summed E-state index contributed by atoms with van der Waals surface area (Å²) in [6, 6.07) is 8.27. The minimum absolute atomic E-state index is 0.110. The van der Waals surface area contributed by atoms with Crippen molar-refractivity contribution in [1.29, 1.82) is 0 Å². The van der Waals surface area contributed by atoms with E-state index in [0.717, 1.165) is 6.42 Å². The van der Waals surface area contributed by atoms with Crippen LogP contribution < -0.4 is 5.73 Å². The molecule has 2 heterocycles. The molecule has 5 nitrogen and oxygen atoms in total. The summed E-state index contributed by atoms with van der Waals surface area (Å²) in [7, 11) is 0. The lowest BCUT2D eigenvalue weighted by Gasteiger charge is -2.11. The first kappa shape index (κ1) is 18.5. The smallest absolute Gasteiger partial charge is 0.333 e. The van der Waals surface area contributed by atoms with Gasteiger partial charge in [0.05, 0.1) is 5.69 Å². The summed E-state index contributed by atoms with van der Waals surface area (Å²) in [6.45, 7) is 1.20. The maximum absolute atomic E-state index is 13.4. The van der Waals surface area contributed by atoms with Crippen LogP contribution in [0, 0.1) is 6.92 Å². The molecule has 2 N–H and O–H groups in total. The first-order valence-corrected chi connectivity index (χ1v) is 9.54. The van der Waals surface area contributed by atoms with Crippen LogP contribution in [0.15, 0.2) is 30.5 Å². The zero-order valence-electron chi connectivity index (χ0n) is 16.0. The third kappa shape index (κ3) is 3.74. The molecular formula is C21H23F2N5. The summed E-state index contributed by atoms with van der Waals surface area (Å²) in [5, 5.41) is 4.11. The molecule has 3 aromatic rings. The molecule has 0 aliphatic heterocycles. The molecule has 28 heavy (non-hydrogen) atoms. The number of rotatable bonds is 6. The van der Waals surface area contributed by atoms with Crippen molar-refractivity contribution in [3.05, 3.63) is 58.4 Å². The Morgan fingerprint density at radius 2 is 1.96 bits per heavy atom.